The number of sulfonamides is 1. The molecule has 0 radical (unpaired) electrons. The van der Waals surface area contributed by atoms with Crippen LogP contribution in [-0.2, 0) is 19.6 Å². The Balaban J connectivity index is 2.64. The Labute approximate surface area is 113 Å². The second kappa shape index (κ2) is 6.33. The van der Waals surface area contributed by atoms with Gasteiger partial charge in [-0.2, -0.15) is 4.31 Å². The van der Waals surface area contributed by atoms with Gasteiger partial charge in [-0.1, -0.05) is 0 Å². The van der Waals surface area contributed by atoms with Gasteiger partial charge in [-0.25, -0.2) is 8.42 Å². The molecule has 0 bridgehead atoms. The van der Waals surface area contributed by atoms with Crippen molar-refractivity contribution < 1.29 is 23.1 Å². The van der Waals surface area contributed by atoms with Gasteiger partial charge < -0.3 is 10.0 Å². The van der Waals surface area contributed by atoms with Gasteiger partial charge in [-0.3, -0.25) is 9.59 Å². The Hall–Kier alpha value is -1.15. The van der Waals surface area contributed by atoms with Crippen molar-refractivity contribution in [2.75, 3.05) is 25.4 Å². The largest absolute Gasteiger partial charge is 0.481 e. The average Bonchev–Trinajstić information content (AvgIpc) is 2.57. The summed E-state index contributed by atoms with van der Waals surface area (Å²) in [5, 5.41) is 8.65. The van der Waals surface area contributed by atoms with Crippen molar-refractivity contribution >= 4 is 21.9 Å². The maximum absolute atomic E-state index is 12.1. The Kier molecular flexibility index (Phi) is 5.30. The molecule has 1 heterocycles. The van der Waals surface area contributed by atoms with E-state index in [2.05, 4.69) is 0 Å². The Bertz CT molecular complexity index is 446. The monoisotopic (exact) mass is 292 g/mol. The number of aliphatic carboxylic acids is 1. The fourth-order valence-corrected chi connectivity index (χ4v) is 3.46. The van der Waals surface area contributed by atoms with Crippen LogP contribution in [0.25, 0.3) is 0 Å². The highest BCUT2D eigenvalue weighted by molar-refractivity contribution is 7.89. The van der Waals surface area contributed by atoms with E-state index < -0.39 is 16.0 Å². The van der Waals surface area contributed by atoms with E-state index >= 15 is 0 Å². The van der Waals surface area contributed by atoms with E-state index in [1.165, 1.54) is 9.21 Å². The van der Waals surface area contributed by atoms with Crippen LogP contribution in [-0.4, -0.2) is 66.0 Å². The van der Waals surface area contributed by atoms with Crippen LogP contribution in [0.1, 0.15) is 26.7 Å². The molecular formula is C11H20N2O5S. The Morgan fingerprint density at radius 3 is 2.42 bits per heavy atom. The summed E-state index contributed by atoms with van der Waals surface area (Å²) in [5.41, 5.74) is 0. The topological polar surface area (TPSA) is 95.0 Å². The van der Waals surface area contributed by atoms with E-state index in [4.69, 9.17) is 5.11 Å². The molecule has 1 fully saturated rings. The van der Waals surface area contributed by atoms with Gasteiger partial charge in [0, 0.05) is 19.1 Å². The highest BCUT2D eigenvalue weighted by atomic mass is 32.2. The first kappa shape index (κ1) is 15.9. The fraction of sp³-hybridized carbons (Fsp3) is 0.818. The third kappa shape index (κ3) is 4.46. The lowest BCUT2D eigenvalue weighted by Crippen LogP contribution is -2.45. The van der Waals surface area contributed by atoms with Crippen LogP contribution in [0, 0.1) is 0 Å². The maximum atomic E-state index is 12.1. The summed E-state index contributed by atoms with van der Waals surface area (Å²) < 4.78 is 24.4. The normalized spacial score (nSPS) is 18.7. The minimum absolute atomic E-state index is 0.0804. The zero-order valence-corrected chi connectivity index (χ0v) is 12.0. The van der Waals surface area contributed by atoms with E-state index in [9.17, 15) is 18.0 Å². The molecular weight excluding hydrogens is 272 g/mol. The number of carbonyl (C=O) groups is 2. The van der Waals surface area contributed by atoms with Gasteiger partial charge in [-0.15, -0.1) is 0 Å². The van der Waals surface area contributed by atoms with E-state index in [0.29, 0.717) is 13.0 Å². The smallest absolute Gasteiger partial charge is 0.305 e. The van der Waals surface area contributed by atoms with Crippen molar-refractivity contribution in [3.63, 3.8) is 0 Å². The lowest BCUT2D eigenvalue weighted by molar-refractivity contribution is -0.139. The zero-order chi connectivity index (χ0) is 14.6. The van der Waals surface area contributed by atoms with Crippen LogP contribution in [0.5, 0.6) is 0 Å². The van der Waals surface area contributed by atoms with E-state index in [1.807, 2.05) is 0 Å². The molecule has 1 N–H and O–H groups in total. The van der Waals surface area contributed by atoms with Gasteiger partial charge >= 0.3 is 5.97 Å². The standard InChI is InChI=1S/C11H20N2O5S/c1-9(2)13(6-4-11(15)16)10(14)8-12-5-3-7-19(12,17)18/h9H,3-8H2,1-2H3,(H,15,16). The quantitative estimate of drug-likeness (QED) is 0.727. The zero-order valence-electron chi connectivity index (χ0n) is 11.2. The summed E-state index contributed by atoms with van der Waals surface area (Å²) in [5.74, 6) is -1.24. The molecule has 1 saturated heterocycles. The molecule has 1 aliphatic rings. The highest BCUT2D eigenvalue weighted by Crippen LogP contribution is 2.14. The van der Waals surface area contributed by atoms with Crippen molar-refractivity contribution in [1.82, 2.24) is 9.21 Å². The molecule has 1 aliphatic heterocycles. The lowest BCUT2D eigenvalue weighted by Gasteiger charge is -2.28. The van der Waals surface area contributed by atoms with Gasteiger partial charge in [0.2, 0.25) is 15.9 Å². The number of carboxylic acid groups (broad SMARTS) is 1. The van der Waals surface area contributed by atoms with Crippen molar-refractivity contribution in [3.8, 4) is 0 Å². The minimum atomic E-state index is -3.30. The highest BCUT2D eigenvalue weighted by Gasteiger charge is 2.31. The van der Waals surface area contributed by atoms with Crippen molar-refractivity contribution in [2.24, 2.45) is 0 Å². The van der Waals surface area contributed by atoms with Crippen molar-refractivity contribution in [1.29, 1.82) is 0 Å². The molecule has 0 atom stereocenters. The van der Waals surface area contributed by atoms with Gasteiger partial charge in [0.15, 0.2) is 0 Å². The summed E-state index contributed by atoms with van der Waals surface area (Å²) >= 11 is 0. The number of hydrogen-bond donors (Lipinski definition) is 1. The van der Waals surface area contributed by atoms with Crippen molar-refractivity contribution in [2.45, 2.75) is 32.7 Å². The molecule has 7 nitrogen and oxygen atoms in total. The third-order valence-corrected chi connectivity index (χ3v) is 4.93. The molecule has 0 aromatic heterocycles. The van der Waals surface area contributed by atoms with Gasteiger partial charge in [0.25, 0.3) is 0 Å². The Morgan fingerprint density at radius 1 is 1.37 bits per heavy atom. The molecule has 0 aliphatic carbocycles. The molecule has 110 valence electrons. The molecule has 1 amide bonds. The second-order valence-electron chi connectivity index (χ2n) is 4.83. The van der Waals surface area contributed by atoms with Crippen LogP contribution in [0.2, 0.25) is 0 Å². The lowest BCUT2D eigenvalue weighted by atomic mass is 10.2. The van der Waals surface area contributed by atoms with Crippen molar-refractivity contribution in [3.05, 3.63) is 0 Å². The molecule has 0 aromatic rings. The van der Waals surface area contributed by atoms with Gasteiger partial charge in [0.05, 0.1) is 18.7 Å². The number of amides is 1. The number of nitrogens with zero attached hydrogens (tertiary/aromatic N) is 2. The summed E-state index contributed by atoms with van der Waals surface area (Å²) in [6, 6.07) is -0.155. The fourth-order valence-electron chi connectivity index (χ4n) is 2.00. The molecule has 0 spiro atoms. The first-order chi connectivity index (χ1) is 8.74. The molecule has 19 heavy (non-hydrogen) atoms. The van der Waals surface area contributed by atoms with E-state index in [0.717, 1.165) is 0 Å². The number of hydrogen-bond acceptors (Lipinski definition) is 4. The SMILES string of the molecule is CC(C)N(CCC(=O)O)C(=O)CN1CCCS1(=O)=O. The minimum Gasteiger partial charge on any atom is -0.481 e. The van der Waals surface area contributed by atoms with E-state index in [1.54, 1.807) is 13.8 Å². The molecule has 0 unspecified atom stereocenters. The molecule has 0 saturated carbocycles. The predicted octanol–water partition coefficient (Wildman–Crippen LogP) is -0.266. The van der Waals surface area contributed by atoms with Crippen LogP contribution in [0.4, 0.5) is 0 Å². The first-order valence-electron chi connectivity index (χ1n) is 6.23. The van der Waals surface area contributed by atoms with Crippen LogP contribution >= 0.6 is 0 Å². The van der Waals surface area contributed by atoms with Gasteiger partial charge in [-0.05, 0) is 20.3 Å². The predicted molar refractivity (Wildman–Crippen MR) is 69.1 cm³/mol. The number of carboxylic acids is 1. The summed E-state index contributed by atoms with van der Waals surface area (Å²) in [6.45, 7) is 3.81. The molecule has 1 rings (SSSR count). The third-order valence-electron chi connectivity index (χ3n) is 3.03. The maximum Gasteiger partial charge on any atom is 0.305 e. The molecule has 8 heteroatoms. The summed E-state index contributed by atoms with van der Waals surface area (Å²) in [4.78, 5) is 24.0. The average molecular weight is 292 g/mol. The van der Waals surface area contributed by atoms with Gasteiger partial charge in [0.1, 0.15) is 0 Å². The van der Waals surface area contributed by atoms with Crippen LogP contribution in [0.3, 0.4) is 0 Å². The second-order valence-corrected chi connectivity index (χ2v) is 6.92. The number of carbonyl (C=O) groups excluding carboxylic acids is 1. The number of rotatable bonds is 6. The summed E-state index contributed by atoms with van der Waals surface area (Å²) in [7, 11) is -3.30. The Morgan fingerprint density at radius 2 is 2.00 bits per heavy atom. The molecule has 0 aromatic carbocycles. The first-order valence-corrected chi connectivity index (χ1v) is 7.84. The van der Waals surface area contributed by atoms with E-state index in [-0.39, 0.29) is 37.2 Å². The van der Waals surface area contributed by atoms with Crippen LogP contribution < -0.4 is 0 Å². The van der Waals surface area contributed by atoms with Crippen LogP contribution in [0.15, 0.2) is 0 Å². The summed E-state index contributed by atoms with van der Waals surface area (Å²) in [6.07, 6.45) is 0.392.